The van der Waals surface area contributed by atoms with E-state index < -0.39 is 5.97 Å². The fourth-order valence-electron chi connectivity index (χ4n) is 3.74. The third-order valence-corrected chi connectivity index (χ3v) is 5.24. The molecule has 0 aromatic carbocycles. The molecular weight excluding hydrogens is 272 g/mol. The zero-order valence-electron chi connectivity index (χ0n) is 11.9. The Hall–Kier alpha value is -1.47. The smallest absolute Gasteiger partial charge is 0.358 e. The van der Waals surface area contributed by atoms with Crippen LogP contribution in [0.1, 0.15) is 48.6 Å². The lowest BCUT2D eigenvalue weighted by Crippen LogP contribution is -2.58. The van der Waals surface area contributed by atoms with Crippen molar-refractivity contribution >= 4 is 5.97 Å². The van der Waals surface area contributed by atoms with Gasteiger partial charge in [-0.2, -0.15) is 0 Å². The summed E-state index contributed by atoms with van der Waals surface area (Å²) in [6.07, 6.45) is 7.51. The molecule has 2 saturated heterocycles. The molecule has 1 atom stereocenters. The predicted molar refractivity (Wildman–Crippen MR) is 73.1 cm³/mol. The van der Waals surface area contributed by atoms with Gasteiger partial charge < -0.3 is 9.84 Å². The van der Waals surface area contributed by atoms with Gasteiger partial charge in [-0.15, -0.1) is 5.10 Å². The van der Waals surface area contributed by atoms with Gasteiger partial charge in [-0.05, 0) is 32.1 Å². The summed E-state index contributed by atoms with van der Waals surface area (Å²) in [6, 6.07) is 0.864. The number of rotatable bonds is 3. The second-order valence-electron chi connectivity index (χ2n) is 6.53. The summed E-state index contributed by atoms with van der Waals surface area (Å²) >= 11 is 0. The maximum atomic E-state index is 10.8. The molecule has 1 N–H and O–H groups in total. The molecule has 1 unspecified atom stereocenters. The summed E-state index contributed by atoms with van der Waals surface area (Å²) in [5.74, 6) is -1.02. The molecule has 4 rings (SSSR count). The van der Waals surface area contributed by atoms with Crippen molar-refractivity contribution in [2.75, 3.05) is 19.7 Å². The van der Waals surface area contributed by atoms with Crippen LogP contribution < -0.4 is 0 Å². The summed E-state index contributed by atoms with van der Waals surface area (Å²) in [5, 5.41) is 16.5. The van der Waals surface area contributed by atoms with E-state index in [0.29, 0.717) is 6.04 Å². The van der Waals surface area contributed by atoms with Crippen LogP contribution in [-0.4, -0.2) is 62.3 Å². The van der Waals surface area contributed by atoms with Crippen LogP contribution in [0.25, 0.3) is 0 Å². The molecule has 3 aliphatic rings. The molecule has 7 heteroatoms. The fourth-order valence-corrected chi connectivity index (χ4v) is 3.74. The third kappa shape index (κ3) is 2.24. The first-order valence-corrected chi connectivity index (χ1v) is 7.68. The lowest BCUT2D eigenvalue weighted by atomic mass is 9.73. The number of carboxylic acids is 1. The first kappa shape index (κ1) is 13.2. The van der Waals surface area contributed by atoms with Gasteiger partial charge in [-0.1, -0.05) is 5.21 Å². The van der Waals surface area contributed by atoms with Crippen molar-refractivity contribution in [1.29, 1.82) is 0 Å². The second kappa shape index (κ2) is 4.78. The van der Waals surface area contributed by atoms with Crippen LogP contribution in [0.15, 0.2) is 6.20 Å². The molecule has 21 heavy (non-hydrogen) atoms. The molecule has 3 heterocycles. The Morgan fingerprint density at radius 1 is 1.38 bits per heavy atom. The average molecular weight is 292 g/mol. The summed E-state index contributed by atoms with van der Waals surface area (Å²) in [4.78, 5) is 13.3. The number of carbonyl (C=O) groups is 1. The molecule has 1 aliphatic carbocycles. The maximum absolute atomic E-state index is 10.8. The first-order chi connectivity index (χ1) is 10.2. The van der Waals surface area contributed by atoms with E-state index in [1.807, 2.05) is 0 Å². The van der Waals surface area contributed by atoms with Crippen LogP contribution in [0.2, 0.25) is 0 Å². The van der Waals surface area contributed by atoms with E-state index in [1.165, 1.54) is 25.5 Å². The highest BCUT2D eigenvalue weighted by molar-refractivity contribution is 5.84. The molecule has 3 fully saturated rings. The van der Waals surface area contributed by atoms with E-state index in [0.717, 1.165) is 32.5 Å². The van der Waals surface area contributed by atoms with Gasteiger partial charge >= 0.3 is 5.97 Å². The number of hydrogen-bond donors (Lipinski definition) is 1. The Morgan fingerprint density at radius 3 is 2.81 bits per heavy atom. The number of ether oxygens (including phenoxy) is 1. The van der Waals surface area contributed by atoms with Crippen molar-refractivity contribution in [2.24, 2.45) is 0 Å². The zero-order valence-corrected chi connectivity index (χ0v) is 11.9. The van der Waals surface area contributed by atoms with E-state index in [4.69, 9.17) is 9.84 Å². The van der Waals surface area contributed by atoms with E-state index in [9.17, 15) is 4.79 Å². The Labute approximate surface area is 122 Å². The lowest BCUT2D eigenvalue weighted by Gasteiger charge is -2.52. The standard InChI is InChI=1S/C14H20N4O3/c19-13(20)12-9-18(16-15-12)11-7-17(8-11)10-2-5-21-14(6-10)3-1-4-14/h9-11H,1-8H2,(H,19,20). The number of aromatic carboxylic acids is 1. The number of aromatic nitrogens is 3. The van der Waals surface area contributed by atoms with Gasteiger partial charge in [-0.3, -0.25) is 4.90 Å². The molecule has 2 aliphatic heterocycles. The van der Waals surface area contributed by atoms with E-state index >= 15 is 0 Å². The van der Waals surface area contributed by atoms with E-state index in [-0.39, 0.29) is 17.3 Å². The van der Waals surface area contributed by atoms with Gasteiger partial charge in [0.05, 0.1) is 17.8 Å². The predicted octanol–water partition coefficient (Wildman–Crippen LogP) is 0.935. The zero-order chi connectivity index (χ0) is 14.4. The highest BCUT2D eigenvalue weighted by atomic mass is 16.5. The molecule has 114 valence electrons. The SMILES string of the molecule is O=C(O)c1cn(C2CN(C3CCOC4(CCC4)C3)C2)nn1. The number of nitrogens with zero attached hydrogens (tertiary/aromatic N) is 4. The van der Waals surface area contributed by atoms with Crippen molar-refractivity contribution in [2.45, 2.75) is 49.8 Å². The average Bonchev–Trinajstić information content (AvgIpc) is 2.85. The van der Waals surface area contributed by atoms with Crippen LogP contribution in [0, 0.1) is 0 Å². The summed E-state index contributed by atoms with van der Waals surface area (Å²) in [6.45, 7) is 2.74. The van der Waals surface area contributed by atoms with Gasteiger partial charge in [-0.25, -0.2) is 9.48 Å². The van der Waals surface area contributed by atoms with Crippen molar-refractivity contribution in [1.82, 2.24) is 19.9 Å². The van der Waals surface area contributed by atoms with Crippen molar-refractivity contribution in [3.63, 3.8) is 0 Å². The Kier molecular flexibility index (Phi) is 3.00. The van der Waals surface area contributed by atoms with Gasteiger partial charge in [0.15, 0.2) is 5.69 Å². The van der Waals surface area contributed by atoms with Crippen LogP contribution >= 0.6 is 0 Å². The van der Waals surface area contributed by atoms with Gasteiger partial charge in [0.1, 0.15) is 0 Å². The van der Waals surface area contributed by atoms with Crippen molar-refractivity contribution < 1.29 is 14.6 Å². The summed E-state index contributed by atoms with van der Waals surface area (Å²) in [7, 11) is 0. The summed E-state index contributed by atoms with van der Waals surface area (Å²) in [5.41, 5.74) is 0.200. The third-order valence-electron chi connectivity index (χ3n) is 5.24. The largest absolute Gasteiger partial charge is 0.476 e. The molecule has 1 saturated carbocycles. The Balaban J connectivity index is 1.35. The molecule has 1 aromatic heterocycles. The van der Waals surface area contributed by atoms with Crippen LogP contribution in [0.4, 0.5) is 0 Å². The van der Waals surface area contributed by atoms with E-state index in [2.05, 4.69) is 15.2 Å². The van der Waals surface area contributed by atoms with Crippen LogP contribution in [0.5, 0.6) is 0 Å². The molecule has 7 nitrogen and oxygen atoms in total. The fraction of sp³-hybridized carbons (Fsp3) is 0.786. The van der Waals surface area contributed by atoms with Gasteiger partial charge in [0, 0.05) is 25.7 Å². The van der Waals surface area contributed by atoms with Gasteiger partial charge in [0.25, 0.3) is 0 Å². The molecule has 0 amide bonds. The minimum absolute atomic E-state index is 0.0212. The van der Waals surface area contributed by atoms with Crippen molar-refractivity contribution in [3.05, 3.63) is 11.9 Å². The number of likely N-dealkylation sites (tertiary alicyclic amines) is 1. The van der Waals surface area contributed by atoms with Gasteiger partial charge in [0.2, 0.25) is 0 Å². The van der Waals surface area contributed by atoms with E-state index in [1.54, 1.807) is 4.68 Å². The molecule has 0 radical (unpaired) electrons. The normalized spacial score (nSPS) is 29.0. The first-order valence-electron chi connectivity index (χ1n) is 7.68. The Bertz CT molecular complexity index is 548. The number of hydrogen-bond acceptors (Lipinski definition) is 5. The monoisotopic (exact) mass is 292 g/mol. The summed E-state index contributed by atoms with van der Waals surface area (Å²) < 4.78 is 7.66. The topological polar surface area (TPSA) is 80.5 Å². The quantitative estimate of drug-likeness (QED) is 0.893. The van der Waals surface area contributed by atoms with Crippen LogP contribution in [-0.2, 0) is 4.74 Å². The molecule has 1 spiro atoms. The highest BCUT2D eigenvalue weighted by Gasteiger charge is 2.46. The lowest BCUT2D eigenvalue weighted by molar-refractivity contribution is -0.157. The highest BCUT2D eigenvalue weighted by Crippen LogP contribution is 2.44. The minimum Gasteiger partial charge on any atom is -0.476 e. The van der Waals surface area contributed by atoms with Crippen molar-refractivity contribution in [3.8, 4) is 0 Å². The van der Waals surface area contributed by atoms with Crippen LogP contribution in [0.3, 0.4) is 0 Å². The Morgan fingerprint density at radius 2 is 2.19 bits per heavy atom. The maximum Gasteiger partial charge on any atom is 0.358 e. The number of carboxylic acid groups (broad SMARTS) is 1. The molecule has 0 bridgehead atoms. The second-order valence-corrected chi connectivity index (χ2v) is 6.53. The minimum atomic E-state index is -1.02. The molecular formula is C14H20N4O3. The molecule has 1 aromatic rings.